The third-order valence-electron chi connectivity index (χ3n) is 2.84. The molecule has 2 aromatic carbocycles. The van der Waals surface area contributed by atoms with Crippen LogP contribution < -0.4 is 4.74 Å². The second-order valence-corrected chi connectivity index (χ2v) is 4.16. The van der Waals surface area contributed by atoms with Crippen LogP contribution in [0, 0.1) is 0 Å². The largest absolute Gasteiger partial charge is 0.507 e. The van der Waals surface area contributed by atoms with Crippen LogP contribution in [0.25, 0.3) is 6.08 Å². The van der Waals surface area contributed by atoms with Gasteiger partial charge in [-0.15, -0.1) is 0 Å². The van der Waals surface area contributed by atoms with Gasteiger partial charge >= 0.3 is 0 Å². The Bertz CT molecular complexity index is 551. The average molecular weight is 256 g/mol. The summed E-state index contributed by atoms with van der Waals surface area (Å²) in [5.41, 5.74) is 1.57. The molecule has 0 saturated carbocycles. The lowest BCUT2D eigenvalue weighted by molar-refractivity contribution is 0.395. The highest BCUT2D eigenvalue weighted by molar-refractivity contribution is 5.53. The van der Waals surface area contributed by atoms with Gasteiger partial charge in [-0.3, -0.25) is 0 Å². The topological polar surface area (TPSA) is 49.7 Å². The first-order valence-corrected chi connectivity index (χ1v) is 6.01. The van der Waals surface area contributed by atoms with Crippen LogP contribution in [0.4, 0.5) is 0 Å². The maximum absolute atomic E-state index is 9.83. The first-order chi connectivity index (χ1) is 9.20. The normalized spacial score (nSPS) is 10.8. The fourth-order valence-corrected chi connectivity index (χ4v) is 1.82. The molecule has 2 rings (SSSR count). The van der Waals surface area contributed by atoms with Crippen molar-refractivity contribution in [3.8, 4) is 17.2 Å². The van der Waals surface area contributed by atoms with E-state index in [4.69, 9.17) is 4.74 Å². The number of rotatable bonds is 4. The van der Waals surface area contributed by atoms with Crippen molar-refractivity contribution < 1.29 is 14.9 Å². The number of phenols is 2. The second-order valence-electron chi connectivity index (χ2n) is 4.16. The van der Waals surface area contributed by atoms with Gasteiger partial charge in [0, 0.05) is 17.7 Å². The van der Waals surface area contributed by atoms with Gasteiger partial charge in [-0.1, -0.05) is 42.5 Å². The van der Waals surface area contributed by atoms with Gasteiger partial charge in [0.15, 0.2) is 0 Å². The molecule has 0 atom stereocenters. The monoisotopic (exact) mass is 256 g/mol. The first-order valence-electron chi connectivity index (χ1n) is 6.01. The second kappa shape index (κ2) is 5.96. The molecule has 0 fully saturated rings. The number of hydrogen-bond acceptors (Lipinski definition) is 3. The zero-order valence-electron chi connectivity index (χ0n) is 10.7. The molecule has 0 aromatic heterocycles. The maximum Gasteiger partial charge on any atom is 0.126 e. The minimum absolute atomic E-state index is 0.0366. The molecule has 0 radical (unpaired) electrons. The molecule has 2 aromatic rings. The van der Waals surface area contributed by atoms with Gasteiger partial charge in [-0.2, -0.15) is 0 Å². The summed E-state index contributed by atoms with van der Waals surface area (Å²) in [7, 11) is 1.49. The smallest absolute Gasteiger partial charge is 0.126 e. The van der Waals surface area contributed by atoms with Crippen LogP contribution in [0.15, 0.2) is 48.5 Å². The summed E-state index contributed by atoms with van der Waals surface area (Å²) in [4.78, 5) is 0. The third-order valence-corrected chi connectivity index (χ3v) is 2.84. The van der Waals surface area contributed by atoms with Crippen molar-refractivity contribution in [3.05, 3.63) is 59.7 Å². The summed E-state index contributed by atoms with van der Waals surface area (Å²) in [5.74, 6) is 0.509. The predicted molar refractivity (Wildman–Crippen MR) is 75.5 cm³/mol. The third kappa shape index (κ3) is 3.28. The van der Waals surface area contributed by atoms with Crippen molar-refractivity contribution in [2.75, 3.05) is 7.11 Å². The Balaban J connectivity index is 2.14. The molecule has 0 bridgehead atoms. The van der Waals surface area contributed by atoms with E-state index >= 15 is 0 Å². The van der Waals surface area contributed by atoms with E-state index in [-0.39, 0.29) is 11.5 Å². The molecule has 2 N–H and O–H groups in total. The number of aromatic hydroxyl groups is 2. The highest BCUT2D eigenvalue weighted by atomic mass is 16.5. The first kappa shape index (κ1) is 13.0. The number of methoxy groups -OCH3 is 1. The lowest BCUT2D eigenvalue weighted by atomic mass is 10.1. The fraction of sp³-hybridized carbons (Fsp3) is 0.125. The van der Waals surface area contributed by atoms with Gasteiger partial charge in [-0.25, -0.2) is 0 Å². The van der Waals surface area contributed by atoms with Gasteiger partial charge in [0.25, 0.3) is 0 Å². The van der Waals surface area contributed by atoms with Crippen molar-refractivity contribution >= 4 is 6.08 Å². The molecule has 98 valence electrons. The van der Waals surface area contributed by atoms with E-state index < -0.39 is 0 Å². The SMILES string of the molecule is COc1cc(O)c(C/C=C/c2ccccc2)c(O)c1. The van der Waals surface area contributed by atoms with Crippen LogP contribution in [0.5, 0.6) is 17.2 Å². The molecule has 0 aliphatic rings. The van der Waals surface area contributed by atoms with Crippen LogP contribution >= 0.6 is 0 Å². The Morgan fingerprint density at radius 1 is 1.05 bits per heavy atom. The predicted octanol–water partition coefficient (Wildman–Crippen LogP) is 3.36. The Morgan fingerprint density at radius 2 is 1.68 bits per heavy atom. The zero-order chi connectivity index (χ0) is 13.7. The molecular weight excluding hydrogens is 240 g/mol. The van der Waals surface area contributed by atoms with Crippen LogP contribution in [-0.4, -0.2) is 17.3 Å². The van der Waals surface area contributed by atoms with Crippen molar-refractivity contribution in [1.29, 1.82) is 0 Å². The highest BCUT2D eigenvalue weighted by Crippen LogP contribution is 2.32. The molecule has 0 aliphatic carbocycles. The van der Waals surface area contributed by atoms with E-state index in [0.29, 0.717) is 17.7 Å². The average Bonchev–Trinajstić information content (AvgIpc) is 2.42. The van der Waals surface area contributed by atoms with E-state index in [1.807, 2.05) is 42.5 Å². The van der Waals surface area contributed by atoms with E-state index in [9.17, 15) is 10.2 Å². The Kier molecular flexibility index (Phi) is 4.08. The molecule has 19 heavy (non-hydrogen) atoms. The number of allylic oxidation sites excluding steroid dienone is 1. The van der Waals surface area contributed by atoms with E-state index in [1.54, 1.807) is 0 Å². The van der Waals surface area contributed by atoms with Crippen LogP contribution in [0.2, 0.25) is 0 Å². The van der Waals surface area contributed by atoms with Gasteiger partial charge in [0.1, 0.15) is 17.2 Å². The molecule has 3 nitrogen and oxygen atoms in total. The van der Waals surface area contributed by atoms with Gasteiger partial charge in [-0.05, 0) is 12.0 Å². The molecule has 0 amide bonds. The lowest BCUT2D eigenvalue weighted by Gasteiger charge is -2.07. The minimum Gasteiger partial charge on any atom is -0.507 e. The van der Waals surface area contributed by atoms with Crippen LogP contribution in [-0.2, 0) is 6.42 Å². The Labute approximate surface area is 112 Å². The standard InChI is InChI=1S/C16H16O3/c1-19-13-10-15(17)14(16(18)11-13)9-5-8-12-6-3-2-4-7-12/h2-8,10-11,17-18H,9H2,1H3/b8-5+. The summed E-state index contributed by atoms with van der Waals surface area (Å²) >= 11 is 0. The Morgan fingerprint density at radius 3 is 2.26 bits per heavy atom. The fourth-order valence-electron chi connectivity index (χ4n) is 1.82. The summed E-state index contributed by atoms with van der Waals surface area (Å²) in [6.45, 7) is 0. The van der Waals surface area contributed by atoms with Gasteiger partial charge in [0.05, 0.1) is 7.11 Å². The summed E-state index contributed by atoms with van der Waals surface area (Å²) in [6.07, 6.45) is 4.30. The summed E-state index contributed by atoms with van der Waals surface area (Å²) < 4.78 is 4.97. The maximum atomic E-state index is 9.83. The van der Waals surface area contributed by atoms with Gasteiger partial charge in [0.2, 0.25) is 0 Å². The number of benzene rings is 2. The molecule has 0 unspecified atom stereocenters. The van der Waals surface area contributed by atoms with E-state index in [2.05, 4.69) is 0 Å². The quantitative estimate of drug-likeness (QED) is 0.881. The molecule has 0 aliphatic heterocycles. The highest BCUT2D eigenvalue weighted by Gasteiger charge is 2.08. The number of hydrogen-bond donors (Lipinski definition) is 2. The van der Waals surface area contributed by atoms with Crippen LogP contribution in [0.3, 0.4) is 0 Å². The minimum atomic E-state index is 0.0366. The summed E-state index contributed by atoms with van der Waals surface area (Å²) in [5, 5.41) is 19.7. The molecule has 0 heterocycles. The lowest BCUT2D eigenvalue weighted by Crippen LogP contribution is -1.88. The Hall–Kier alpha value is -2.42. The van der Waals surface area contributed by atoms with Crippen molar-refractivity contribution in [3.63, 3.8) is 0 Å². The van der Waals surface area contributed by atoms with Crippen LogP contribution in [0.1, 0.15) is 11.1 Å². The summed E-state index contributed by atoms with van der Waals surface area (Å²) in [6, 6.07) is 12.8. The molecule has 3 heteroatoms. The van der Waals surface area contributed by atoms with E-state index in [0.717, 1.165) is 5.56 Å². The van der Waals surface area contributed by atoms with Gasteiger partial charge < -0.3 is 14.9 Å². The molecular formula is C16H16O3. The van der Waals surface area contributed by atoms with Crippen molar-refractivity contribution in [2.24, 2.45) is 0 Å². The van der Waals surface area contributed by atoms with Crippen molar-refractivity contribution in [2.45, 2.75) is 6.42 Å². The van der Waals surface area contributed by atoms with Crippen molar-refractivity contribution in [1.82, 2.24) is 0 Å². The van der Waals surface area contributed by atoms with E-state index in [1.165, 1.54) is 19.2 Å². The molecule has 0 saturated heterocycles. The molecule has 0 spiro atoms. The zero-order valence-corrected chi connectivity index (χ0v) is 10.7. The number of ether oxygens (including phenoxy) is 1. The number of phenolic OH excluding ortho intramolecular Hbond substituents is 2.